The highest BCUT2D eigenvalue weighted by Gasteiger charge is 2.07. The van der Waals surface area contributed by atoms with Crippen LogP contribution in [-0.2, 0) is 4.79 Å². The molecule has 2 aromatic rings. The Kier molecular flexibility index (Phi) is 3.14. The Morgan fingerprint density at radius 2 is 1.71 bits per heavy atom. The van der Waals surface area contributed by atoms with E-state index in [1.807, 2.05) is 30.3 Å². The average molecular weight is 232 g/mol. The molecule has 0 saturated heterocycles. The number of fused-ring (bicyclic) bond motifs is 1. The van der Waals surface area contributed by atoms with Gasteiger partial charge in [-0.2, -0.15) is 0 Å². The summed E-state index contributed by atoms with van der Waals surface area (Å²) in [4.78, 5) is 10.5. The molecular weight excluding hydrogens is 220 g/mol. The molecule has 0 unspecified atom stereocenters. The fraction of sp³-hybridized carbons (Fsp3) is 0.154. The van der Waals surface area contributed by atoms with Crippen LogP contribution in [0.1, 0.15) is 0 Å². The van der Waals surface area contributed by atoms with Crippen molar-refractivity contribution >= 4 is 16.7 Å². The first-order valence-electron chi connectivity index (χ1n) is 5.12. The summed E-state index contributed by atoms with van der Waals surface area (Å²) in [5.41, 5.74) is 0. The number of benzene rings is 2. The van der Waals surface area contributed by atoms with Crippen molar-refractivity contribution in [2.75, 3.05) is 13.7 Å². The number of methoxy groups -OCH3 is 1. The third-order valence-corrected chi connectivity index (χ3v) is 2.41. The van der Waals surface area contributed by atoms with Gasteiger partial charge in [-0.3, -0.25) is 0 Å². The van der Waals surface area contributed by atoms with Crippen LogP contribution in [0.15, 0.2) is 36.4 Å². The number of hydrogen-bond donors (Lipinski definition) is 1. The van der Waals surface area contributed by atoms with E-state index in [2.05, 4.69) is 0 Å². The van der Waals surface area contributed by atoms with Crippen molar-refractivity contribution in [1.82, 2.24) is 0 Å². The molecule has 17 heavy (non-hydrogen) atoms. The van der Waals surface area contributed by atoms with Crippen molar-refractivity contribution in [3.63, 3.8) is 0 Å². The normalized spacial score (nSPS) is 10.2. The summed E-state index contributed by atoms with van der Waals surface area (Å²) >= 11 is 0. The Hall–Kier alpha value is -2.23. The highest BCUT2D eigenvalue weighted by atomic mass is 16.5. The van der Waals surface area contributed by atoms with E-state index in [-0.39, 0.29) is 6.61 Å². The first-order valence-corrected chi connectivity index (χ1v) is 5.12. The summed E-state index contributed by atoms with van der Waals surface area (Å²) < 4.78 is 10.5. The SMILES string of the molecule is COc1cccc2c(OCC(=O)O)cccc12. The summed E-state index contributed by atoms with van der Waals surface area (Å²) in [6.07, 6.45) is 0. The summed E-state index contributed by atoms with van der Waals surface area (Å²) in [5, 5.41) is 10.3. The van der Waals surface area contributed by atoms with Crippen molar-refractivity contribution in [2.45, 2.75) is 0 Å². The third kappa shape index (κ3) is 2.30. The highest BCUT2D eigenvalue weighted by Crippen LogP contribution is 2.31. The Balaban J connectivity index is 2.46. The lowest BCUT2D eigenvalue weighted by Crippen LogP contribution is -2.09. The van der Waals surface area contributed by atoms with E-state index in [1.165, 1.54) is 0 Å². The van der Waals surface area contributed by atoms with Gasteiger partial charge in [0.05, 0.1) is 7.11 Å². The molecule has 0 amide bonds. The molecule has 4 nitrogen and oxygen atoms in total. The smallest absolute Gasteiger partial charge is 0.341 e. The van der Waals surface area contributed by atoms with E-state index in [4.69, 9.17) is 14.6 Å². The molecule has 4 heteroatoms. The number of aliphatic carboxylic acids is 1. The van der Waals surface area contributed by atoms with E-state index in [0.29, 0.717) is 5.75 Å². The topological polar surface area (TPSA) is 55.8 Å². The first kappa shape index (κ1) is 11.3. The van der Waals surface area contributed by atoms with E-state index >= 15 is 0 Å². The molecule has 2 rings (SSSR count). The molecule has 0 fully saturated rings. The molecule has 0 heterocycles. The van der Waals surface area contributed by atoms with Crippen LogP contribution in [0.25, 0.3) is 10.8 Å². The number of carboxylic acid groups (broad SMARTS) is 1. The predicted molar refractivity (Wildman–Crippen MR) is 63.6 cm³/mol. The van der Waals surface area contributed by atoms with Crippen molar-refractivity contribution in [2.24, 2.45) is 0 Å². The van der Waals surface area contributed by atoms with Crippen LogP contribution in [-0.4, -0.2) is 24.8 Å². The quantitative estimate of drug-likeness (QED) is 0.878. The second-order valence-electron chi connectivity index (χ2n) is 3.49. The molecule has 0 radical (unpaired) electrons. The zero-order valence-corrected chi connectivity index (χ0v) is 9.34. The van der Waals surface area contributed by atoms with Gasteiger partial charge in [-0.15, -0.1) is 0 Å². The van der Waals surface area contributed by atoms with Gasteiger partial charge in [0.2, 0.25) is 0 Å². The van der Waals surface area contributed by atoms with Gasteiger partial charge in [0.25, 0.3) is 0 Å². The zero-order valence-electron chi connectivity index (χ0n) is 9.34. The van der Waals surface area contributed by atoms with Crippen LogP contribution in [0.5, 0.6) is 11.5 Å². The van der Waals surface area contributed by atoms with Crippen molar-refractivity contribution in [1.29, 1.82) is 0 Å². The van der Waals surface area contributed by atoms with E-state index in [0.717, 1.165) is 16.5 Å². The van der Waals surface area contributed by atoms with Gasteiger partial charge >= 0.3 is 5.97 Å². The van der Waals surface area contributed by atoms with Crippen LogP contribution in [0, 0.1) is 0 Å². The Morgan fingerprint density at radius 3 is 2.29 bits per heavy atom. The monoisotopic (exact) mass is 232 g/mol. The van der Waals surface area contributed by atoms with Crippen LogP contribution in [0.4, 0.5) is 0 Å². The van der Waals surface area contributed by atoms with Crippen molar-refractivity contribution < 1.29 is 19.4 Å². The molecule has 0 atom stereocenters. The predicted octanol–water partition coefficient (Wildman–Crippen LogP) is 2.31. The second-order valence-corrected chi connectivity index (χ2v) is 3.49. The molecular formula is C13H12O4. The summed E-state index contributed by atoms with van der Waals surface area (Å²) in [7, 11) is 1.60. The minimum absolute atomic E-state index is 0.351. The fourth-order valence-corrected chi connectivity index (χ4v) is 1.70. The highest BCUT2D eigenvalue weighted by molar-refractivity contribution is 5.93. The maximum absolute atomic E-state index is 10.5. The molecule has 0 spiro atoms. The maximum Gasteiger partial charge on any atom is 0.341 e. The fourth-order valence-electron chi connectivity index (χ4n) is 1.70. The van der Waals surface area contributed by atoms with Crippen LogP contribution in [0.3, 0.4) is 0 Å². The van der Waals surface area contributed by atoms with Crippen LogP contribution < -0.4 is 9.47 Å². The number of ether oxygens (including phenoxy) is 2. The summed E-state index contributed by atoms with van der Waals surface area (Å²) in [6.45, 7) is -0.351. The molecule has 0 saturated carbocycles. The second kappa shape index (κ2) is 4.74. The number of carbonyl (C=O) groups is 1. The first-order chi connectivity index (χ1) is 8.22. The number of hydrogen-bond acceptors (Lipinski definition) is 3. The molecule has 1 N–H and O–H groups in total. The van der Waals surface area contributed by atoms with Gasteiger partial charge in [-0.25, -0.2) is 4.79 Å². The summed E-state index contributed by atoms with van der Waals surface area (Å²) in [5.74, 6) is 0.289. The van der Waals surface area contributed by atoms with Crippen molar-refractivity contribution in [3.05, 3.63) is 36.4 Å². The molecule has 0 bridgehead atoms. The minimum atomic E-state index is -0.995. The lowest BCUT2D eigenvalue weighted by Gasteiger charge is -2.09. The zero-order chi connectivity index (χ0) is 12.3. The molecule has 0 aliphatic carbocycles. The number of carboxylic acids is 1. The van der Waals surface area contributed by atoms with Gasteiger partial charge < -0.3 is 14.6 Å². The lowest BCUT2D eigenvalue weighted by atomic mass is 10.1. The van der Waals surface area contributed by atoms with Crippen LogP contribution in [0.2, 0.25) is 0 Å². The Morgan fingerprint density at radius 1 is 1.12 bits per heavy atom. The molecule has 88 valence electrons. The molecule has 0 aromatic heterocycles. The summed E-state index contributed by atoms with van der Waals surface area (Å²) in [6, 6.07) is 11.0. The lowest BCUT2D eigenvalue weighted by molar-refractivity contribution is -0.139. The minimum Gasteiger partial charge on any atom is -0.496 e. The van der Waals surface area contributed by atoms with Gasteiger partial charge in [-0.1, -0.05) is 24.3 Å². The van der Waals surface area contributed by atoms with E-state index in [1.54, 1.807) is 13.2 Å². The van der Waals surface area contributed by atoms with E-state index in [9.17, 15) is 4.79 Å². The Bertz CT molecular complexity index is 548. The molecule has 0 aliphatic heterocycles. The standard InChI is InChI=1S/C13H12O4/c1-16-11-6-2-5-10-9(11)4-3-7-12(10)17-8-13(14)15/h2-7H,8H2,1H3,(H,14,15). The molecule has 0 aliphatic rings. The average Bonchev–Trinajstić information content (AvgIpc) is 2.35. The Labute approximate surface area is 98.4 Å². The van der Waals surface area contributed by atoms with Gasteiger partial charge in [-0.05, 0) is 12.1 Å². The van der Waals surface area contributed by atoms with Gasteiger partial charge in [0.15, 0.2) is 6.61 Å². The third-order valence-electron chi connectivity index (χ3n) is 2.41. The van der Waals surface area contributed by atoms with Gasteiger partial charge in [0, 0.05) is 10.8 Å². The largest absolute Gasteiger partial charge is 0.496 e. The van der Waals surface area contributed by atoms with Crippen LogP contribution >= 0.6 is 0 Å². The number of rotatable bonds is 4. The van der Waals surface area contributed by atoms with Gasteiger partial charge in [0.1, 0.15) is 11.5 Å². The molecule has 2 aromatic carbocycles. The van der Waals surface area contributed by atoms with Crippen molar-refractivity contribution in [3.8, 4) is 11.5 Å². The van der Waals surface area contributed by atoms with E-state index < -0.39 is 5.97 Å². The maximum atomic E-state index is 10.5.